The van der Waals surface area contributed by atoms with Gasteiger partial charge >= 0.3 is 5.76 Å². The highest BCUT2D eigenvalue weighted by atomic mass is 32.2. The standard InChI is InChI=1S/C23H20N2O7S/c1-24-20-13-12-19(14-21(20)32-23(24)27)33(28,29)25(16-6-10-18(31-3)11-7-16)22(26)15-4-8-17(30-2)9-5-15/h4-14H,1-3H3. The molecule has 1 aromatic heterocycles. The Morgan fingerprint density at radius 2 is 1.48 bits per heavy atom. The van der Waals surface area contributed by atoms with Crippen molar-refractivity contribution in [2.45, 2.75) is 4.90 Å². The highest BCUT2D eigenvalue weighted by Gasteiger charge is 2.32. The molecule has 4 rings (SSSR count). The zero-order chi connectivity index (χ0) is 23.8. The highest BCUT2D eigenvalue weighted by molar-refractivity contribution is 7.93. The lowest BCUT2D eigenvalue weighted by atomic mass is 10.2. The molecule has 170 valence electrons. The molecule has 0 aliphatic rings. The fraction of sp³-hybridized carbons (Fsp3) is 0.130. The number of benzene rings is 3. The summed E-state index contributed by atoms with van der Waals surface area (Å²) in [4.78, 5) is 25.1. The summed E-state index contributed by atoms with van der Waals surface area (Å²) < 4.78 is 44.7. The third-order valence-corrected chi connectivity index (χ3v) is 6.84. The molecule has 1 amide bonds. The van der Waals surface area contributed by atoms with Gasteiger partial charge in [0.25, 0.3) is 15.9 Å². The lowest BCUT2D eigenvalue weighted by Gasteiger charge is -2.23. The molecule has 0 atom stereocenters. The van der Waals surface area contributed by atoms with Gasteiger partial charge in [-0.25, -0.2) is 13.2 Å². The van der Waals surface area contributed by atoms with Gasteiger partial charge in [-0.2, -0.15) is 4.31 Å². The number of oxazole rings is 1. The molecule has 0 saturated carbocycles. The number of carbonyl (C=O) groups excluding carboxylic acids is 1. The van der Waals surface area contributed by atoms with Gasteiger partial charge in [0.15, 0.2) is 5.58 Å². The minimum atomic E-state index is -4.39. The van der Waals surface area contributed by atoms with Gasteiger partial charge < -0.3 is 13.9 Å². The van der Waals surface area contributed by atoms with Crippen LogP contribution in [0.25, 0.3) is 11.1 Å². The van der Waals surface area contributed by atoms with Crippen LogP contribution in [0.15, 0.2) is 80.8 Å². The first kappa shape index (κ1) is 22.2. The number of aryl methyl sites for hydroxylation is 1. The number of ether oxygens (including phenoxy) is 2. The molecule has 33 heavy (non-hydrogen) atoms. The third-order valence-electron chi connectivity index (χ3n) is 5.13. The maximum atomic E-state index is 13.7. The summed E-state index contributed by atoms with van der Waals surface area (Å²) >= 11 is 0. The summed E-state index contributed by atoms with van der Waals surface area (Å²) in [6.07, 6.45) is 0. The Morgan fingerprint density at radius 1 is 0.909 bits per heavy atom. The van der Waals surface area contributed by atoms with Crippen LogP contribution in [-0.2, 0) is 17.1 Å². The van der Waals surface area contributed by atoms with E-state index in [9.17, 15) is 18.0 Å². The van der Waals surface area contributed by atoms with Crippen molar-refractivity contribution in [3.05, 3.63) is 82.8 Å². The summed E-state index contributed by atoms with van der Waals surface area (Å²) in [6.45, 7) is 0. The molecule has 0 aliphatic heterocycles. The maximum Gasteiger partial charge on any atom is 0.419 e. The number of methoxy groups -OCH3 is 2. The van der Waals surface area contributed by atoms with Crippen LogP contribution in [0.5, 0.6) is 11.5 Å². The van der Waals surface area contributed by atoms with E-state index in [0.29, 0.717) is 21.3 Å². The lowest BCUT2D eigenvalue weighted by molar-refractivity contribution is 0.101. The Bertz CT molecular complexity index is 1480. The van der Waals surface area contributed by atoms with Gasteiger partial charge in [0, 0.05) is 18.7 Å². The minimum Gasteiger partial charge on any atom is -0.497 e. The van der Waals surface area contributed by atoms with Gasteiger partial charge in [-0.1, -0.05) is 0 Å². The van der Waals surface area contributed by atoms with Crippen LogP contribution in [0.4, 0.5) is 5.69 Å². The van der Waals surface area contributed by atoms with Crippen LogP contribution in [0.2, 0.25) is 0 Å². The molecule has 1 heterocycles. The van der Waals surface area contributed by atoms with Gasteiger partial charge in [-0.15, -0.1) is 0 Å². The second kappa shape index (κ2) is 8.47. The molecule has 0 unspecified atom stereocenters. The molecule has 9 nitrogen and oxygen atoms in total. The van der Waals surface area contributed by atoms with Crippen molar-refractivity contribution >= 4 is 32.7 Å². The Kier molecular flexibility index (Phi) is 5.69. The maximum absolute atomic E-state index is 13.7. The van der Waals surface area contributed by atoms with E-state index in [0.717, 1.165) is 0 Å². The fourth-order valence-corrected chi connectivity index (χ4v) is 4.74. The van der Waals surface area contributed by atoms with Crippen LogP contribution in [0.1, 0.15) is 10.4 Å². The van der Waals surface area contributed by atoms with Gasteiger partial charge in [0.2, 0.25) is 0 Å². The van der Waals surface area contributed by atoms with E-state index in [4.69, 9.17) is 13.9 Å². The number of amides is 1. The minimum absolute atomic E-state index is 0.0927. The van der Waals surface area contributed by atoms with Gasteiger partial charge in [0.1, 0.15) is 11.5 Å². The quantitative estimate of drug-likeness (QED) is 0.428. The van der Waals surface area contributed by atoms with E-state index in [1.165, 1.54) is 68.3 Å². The number of hydrogen-bond donors (Lipinski definition) is 0. The second-order valence-electron chi connectivity index (χ2n) is 7.06. The molecular formula is C23H20N2O7S. The van der Waals surface area contributed by atoms with E-state index >= 15 is 0 Å². The van der Waals surface area contributed by atoms with E-state index < -0.39 is 21.7 Å². The largest absolute Gasteiger partial charge is 0.497 e. The van der Waals surface area contributed by atoms with Crippen molar-refractivity contribution in [3.8, 4) is 11.5 Å². The Labute approximate surface area is 189 Å². The zero-order valence-electron chi connectivity index (χ0n) is 18.0. The molecule has 4 aromatic rings. The topological polar surface area (TPSA) is 108 Å². The van der Waals surface area contributed by atoms with Gasteiger partial charge in [0.05, 0.1) is 30.3 Å². The van der Waals surface area contributed by atoms with Crippen molar-refractivity contribution in [1.82, 2.24) is 4.57 Å². The molecule has 0 fully saturated rings. The monoisotopic (exact) mass is 468 g/mol. The molecule has 0 bridgehead atoms. The molecule has 0 aliphatic carbocycles. The van der Waals surface area contributed by atoms with Gasteiger partial charge in [-0.05, 0) is 60.7 Å². The molecule has 0 saturated heterocycles. The number of hydrogen-bond acceptors (Lipinski definition) is 7. The van der Waals surface area contributed by atoms with E-state index in [2.05, 4.69) is 0 Å². The number of nitrogens with zero attached hydrogens (tertiary/aromatic N) is 2. The average Bonchev–Trinajstić information content (AvgIpc) is 3.12. The van der Waals surface area contributed by atoms with Crippen LogP contribution >= 0.6 is 0 Å². The van der Waals surface area contributed by atoms with Gasteiger partial charge in [-0.3, -0.25) is 9.36 Å². The number of aromatic nitrogens is 1. The molecule has 0 N–H and O–H groups in total. The Morgan fingerprint density at radius 3 is 2.06 bits per heavy atom. The van der Waals surface area contributed by atoms with E-state index in [1.807, 2.05) is 0 Å². The smallest absolute Gasteiger partial charge is 0.419 e. The van der Waals surface area contributed by atoms with Crippen molar-refractivity contribution in [2.24, 2.45) is 7.05 Å². The molecule has 0 radical (unpaired) electrons. The normalized spacial score (nSPS) is 11.4. The van der Waals surface area contributed by atoms with Crippen LogP contribution in [0.3, 0.4) is 0 Å². The number of fused-ring (bicyclic) bond motifs is 1. The van der Waals surface area contributed by atoms with E-state index in [-0.39, 0.29) is 21.7 Å². The van der Waals surface area contributed by atoms with E-state index in [1.54, 1.807) is 24.3 Å². The van der Waals surface area contributed by atoms with Crippen molar-refractivity contribution in [2.75, 3.05) is 18.5 Å². The summed E-state index contributed by atoms with van der Waals surface area (Å²) in [7, 11) is 0.0919. The summed E-state index contributed by atoms with van der Waals surface area (Å²) in [5.74, 6) is -0.367. The molecule has 10 heteroatoms. The SMILES string of the molecule is COc1ccc(C(=O)N(c2ccc(OC)cc2)S(=O)(=O)c2ccc3c(c2)oc(=O)n3C)cc1. The Balaban J connectivity index is 1.86. The van der Waals surface area contributed by atoms with Crippen LogP contribution < -0.4 is 19.5 Å². The number of carbonyl (C=O) groups is 1. The second-order valence-corrected chi connectivity index (χ2v) is 8.84. The summed E-state index contributed by atoms with van der Waals surface area (Å²) in [5, 5.41) is 0. The number of rotatable bonds is 6. The lowest BCUT2D eigenvalue weighted by Crippen LogP contribution is -2.37. The predicted molar refractivity (Wildman–Crippen MR) is 121 cm³/mol. The van der Waals surface area contributed by atoms with Crippen molar-refractivity contribution < 1.29 is 27.1 Å². The van der Waals surface area contributed by atoms with Crippen LogP contribution in [0, 0.1) is 0 Å². The average molecular weight is 468 g/mol. The molecular weight excluding hydrogens is 448 g/mol. The van der Waals surface area contributed by atoms with Crippen molar-refractivity contribution in [3.63, 3.8) is 0 Å². The molecule has 0 spiro atoms. The zero-order valence-corrected chi connectivity index (χ0v) is 18.8. The summed E-state index contributed by atoms with van der Waals surface area (Å²) in [5.41, 5.74) is 0.778. The first-order valence-corrected chi connectivity index (χ1v) is 11.2. The fourth-order valence-electron chi connectivity index (χ4n) is 3.31. The predicted octanol–water partition coefficient (Wildman–Crippen LogP) is 3.18. The highest BCUT2D eigenvalue weighted by Crippen LogP contribution is 2.29. The van der Waals surface area contributed by atoms with Crippen LogP contribution in [-0.4, -0.2) is 33.1 Å². The third kappa shape index (κ3) is 3.96. The first-order chi connectivity index (χ1) is 15.8. The number of anilines is 1. The molecule has 3 aromatic carbocycles. The van der Waals surface area contributed by atoms with Crippen molar-refractivity contribution in [1.29, 1.82) is 0 Å². The first-order valence-electron chi connectivity index (χ1n) is 9.73. The Hall–Kier alpha value is -4.05. The summed E-state index contributed by atoms with van der Waals surface area (Å²) in [6, 6.07) is 16.1. The number of sulfonamides is 1.